The second-order valence-corrected chi connectivity index (χ2v) is 7.85. The molecule has 0 N–H and O–H groups in total. The largest absolute Gasteiger partial charge is 0.334 e. The van der Waals surface area contributed by atoms with Crippen molar-refractivity contribution in [2.45, 2.75) is 26.3 Å². The molecule has 2 aliphatic heterocycles. The van der Waals surface area contributed by atoms with Crippen LogP contribution < -0.4 is 0 Å². The Hall–Kier alpha value is -2.46. The molecular weight excluding hydrogens is 336 g/mol. The maximum absolute atomic E-state index is 12.5. The highest BCUT2D eigenvalue weighted by atomic mass is 16.2. The number of likely N-dealkylation sites (tertiary alicyclic amines) is 1. The molecule has 0 spiro atoms. The summed E-state index contributed by atoms with van der Waals surface area (Å²) in [5.74, 6) is 0.884. The second-order valence-electron chi connectivity index (χ2n) is 7.85. The smallest absolute Gasteiger partial charge is 0.254 e. The number of Topliss-reactive ketones (excluding diaryl/α,β-unsaturated/α-hetero) is 1. The molecule has 1 saturated heterocycles. The summed E-state index contributed by atoms with van der Waals surface area (Å²) in [5, 5.41) is 0. The van der Waals surface area contributed by atoms with E-state index in [-0.39, 0.29) is 11.7 Å². The van der Waals surface area contributed by atoms with E-state index in [1.54, 1.807) is 0 Å². The van der Waals surface area contributed by atoms with Crippen molar-refractivity contribution in [3.63, 3.8) is 0 Å². The lowest BCUT2D eigenvalue weighted by Crippen LogP contribution is -2.40. The molecule has 2 aromatic carbocycles. The van der Waals surface area contributed by atoms with Gasteiger partial charge in [-0.25, -0.2) is 0 Å². The number of carbonyl (C=O) groups excluding carboxylic acids is 2. The summed E-state index contributed by atoms with van der Waals surface area (Å²) in [6.45, 7) is 5.94. The number of nitrogens with zero attached hydrogens (tertiary/aromatic N) is 2. The van der Waals surface area contributed by atoms with Crippen LogP contribution in [0.15, 0.2) is 48.5 Å². The summed E-state index contributed by atoms with van der Waals surface area (Å²) >= 11 is 0. The average molecular weight is 362 g/mol. The van der Waals surface area contributed by atoms with Gasteiger partial charge in [-0.05, 0) is 50.4 Å². The van der Waals surface area contributed by atoms with Crippen LogP contribution >= 0.6 is 0 Å². The van der Waals surface area contributed by atoms with E-state index in [1.165, 1.54) is 5.56 Å². The SMILES string of the molecule is Cc1ccc(C(=O)CN2CCC(CN3Cc4ccccc4C3=O)CC2)cc1. The van der Waals surface area contributed by atoms with Gasteiger partial charge < -0.3 is 4.90 Å². The zero-order valence-corrected chi connectivity index (χ0v) is 15.9. The van der Waals surface area contributed by atoms with Crippen molar-refractivity contribution in [1.29, 1.82) is 0 Å². The summed E-state index contributed by atoms with van der Waals surface area (Å²) in [6, 6.07) is 15.7. The summed E-state index contributed by atoms with van der Waals surface area (Å²) in [6.07, 6.45) is 2.09. The third kappa shape index (κ3) is 3.96. The van der Waals surface area contributed by atoms with Crippen molar-refractivity contribution in [2.24, 2.45) is 5.92 Å². The van der Waals surface area contributed by atoms with E-state index in [9.17, 15) is 9.59 Å². The minimum atomic E-state index is 0.169. The van der Waals surface area contributed by atoms with Gasteiger partial charge in [-0.3, -0.25) is 14.5 Å². The van der Waals surface area contributed by atoms with Crippen molar-refractivity contribution < 1.29 is 9.59 Å². The highest BCUT2D eigenvalue weighted by Gasteiger charge is 2.30. The number of carbonyl (C=O) groups is 2. The number of hydrogen-bond acceptors (Lipinski definition) is 3. The van der Waals surface area contributed by atoms with E-state index in [1.807, 2.05) is 60.4 Å². The second kappa shape index (κ2) is 7.65. The number of benzene rings is 2. The molecule has 4 rings (SSSR count). The standard InChI is InChI=1S/C23H26N2O2/c1-17-6-8-19(9-7-17)22(26)16-24-12-10-18(11-13-24)14-25-15-20-4-2-3-5-21(20)23(25)27/h2-9,18H,10-16H2,1H3. The van der Waals surface area contributed by atoms with Gasteiger partial charge in [0, 0.05) is 24.2 Å². The van der Waals surface area contributed by atoms with Gasteiger partial charge in [-0.15, -0.1) is 0 Å². The van der Waals surface area contributed by atoms with Gasteiger partial charge in [0.1, 0.15) is 0 Å². The Kier molecular flexibility index (Phi) is 5.08. The van der Waals surface area contributed by atoms with Gasteiger partial charge in [0.25, 0.3) is 5.91 Å². The molecule has 1 fully saturated rings. The molecule has 1 amide bonds. The fourth-order valence-electron chi connectivity index (χ4n) is 4.13. The zero-order chi connectivity index (χ0) is 18.8. The number of piperidine rings is 1. The van der Waals surface area contributed by atoms with Crippen molar-refractivity contribution in [2.75, 3.05) is 26.2 Å². The van der Waals surface area contributed by atoms with E-state index >= 15 is 0 Å². The molecule has 27 heavy (non-hydrogen) atoms. The first-order valence-corrected chi connectivity index (χ1v) is 9.79. The Bertz CT molecular complexity index is 836. The quantitative estimate of drug-likeness (QED) is 0.764. The van der Waals surface area contributed by atoms with E-state index in [4.69, 9.17) is 0 Å². The first-order chi connectivity index (χ1) is 13.1. The fourth-order valence-corrected chi connectivity index (χ4v) is 4.13. The first kappa shape index (κ1) is 17.9. The van der Waals surface area contributed by atoms with Crippen molar-refractivity contribution >= 4 is 11.7 Å². The highest BCUT2D eigenvalue weighted by molar-refractivity contribution is 5.98. The maximum Gasteiger partial charge on any atom is 0.254 e. The summed E-state index contributed by atoms with van der Waals surface area (Å²) in [4.78, 5) is 29.2. The van der Waals surface area contributed by atoms with Gasteiger partial charge in [0.15, 0.2) is 5.78 Å². The van der Waals surface area contributed by atoms with Crippen molar-refractivity contribution in [3.8, 4) is 0 Å². The van der Waals surface area contributed by atoms with Crippen LogP contribution in [0.5, 0.6) is 0 Å². The van der Waals surface area contributed by atoms with E-state index in [0.29, 0.717) is 12.5 Å². The Morgan fingerprint density at radius 2 is 1.74 bits per heavy atom. The lowest BCUT2D eigenvalue weighted by atomic mass is 9.95. The molecule has 2 heterocycles. The molecule has 4 heteroatoms. The summed E-state index contributed by atoms with van der Waals surface area (Å²) < 4.78 is 0. The zero-order valence-electron chi connectivity index (χ0n) is 15.9. The van der Waals surface area contributed by atoms with E-state index in [0.717, 1.165) is 55.7 Å². The van der Waals surface area contributed by atoms with Gasteiger partial charge in [0.2, 0.25) is 0 Å². The molecule has 2 aliphatic rings. The minimum absolute atomic E-state index is 0.169. The number of hydrogen-bond donors (Lipinski definition) is 0. The van der Waals surface area contributed by atoms with Gasteiger partial charge >= 0.3 is 0 Å². The molecule has 0 saturated carbocycles. The molecule has 0 aromatic heterocycles. The Morgan fingerprint density at radius 3 is 2.44 bits per heavy atom. The number of fused-ring (bicyclic) bond motifs is 1. The number of amides is 1. The summed E-state index contributed by atoms with van der Waals surface area (Å²) in [7, 11) is 0. The van der Waals surface area contributed by atoms with Crippen LogP contribution in [0.4, 0.5) is 0 Å². The predicted octanol–water partition coefficient (Wildman–Crippen LogP) is 3.55. The van der Waals surface area contributed by atoms with Crippen LogP contribution in [0.2, 0.25) is 0 Å². The van der Waals surface area contributed by atoms with Crippen LogP contribution in [0.1, 0.15) is 44.7 Å². The normalized spacial score (nSPS) is 18.0. The highest BCUT2D eigenvalue weighted by Crippen LogP contribution is 2.26. The van der Waals surface area contributed by atoms with Crippen LogP contribution in [0.3, 0.4) is 0 Å². The van der Waals surface area contributed by atoms with Gasteiger partial charge in [-0.2, -0.15) is 0 Å². The fraction of sp³-hybridized carbons (Fsp3) is 0.391. The van der Waals surface area contributed by atoms with Gasteiger partial charge in [-0.1, -0.05) is 48.0 Å². The van der Waals surface area contributed by atoms with Crippen molar-refractivity contribution in [3.05, 3.63) is 70.8 Å². The molecular formula is C23H26N2O2. The predicted molar refractivity (Wildman–Crippen MR) is 106 cm³/mol. The Balaban J connectivity index is 1.27. The van der Waals surface area contributed by atoms with Crippen LogP contribution in [-0.4, -0.2) is 47.7 Å². The molecule has 0 bridgehead atoms. The topological polar surface area (TPSA) is 40.6 Å². The van der Waals surface area contributed by atoms with Crippen molar-refractivity contribution in [1.82, 2.24) is 9.80 Å². The summed E-state index contributed by atoms with van der Waals surface area (Å²) in [5.41, 5.74) is 3.97. The van der Waals surface area contributed by atoms with Gasteiger partial charge in [0.05, 0.1) is 6.54 Å². The maximum atomic E-state index is 12.5. The third-order valence-electron chi connectivity index (χ3n) is 5.82. The molecule has 0 radical (unpaired) electrons. The lowest BCUT2D eigenvalue weighted by Gasteiger charge is -2.33. The number of aryl methyl sites for hydroxylation is 1. The number of rotatable bonds is 5. The average Bonchev–Trinajstić information content (AvgIpc) is 3.00. The van der Waals surface area contributed by atoms with E-state index in [2.05, 4.69) is 4.90 Å². The Morgan fingerprint density at radius 1 is 1.04 bits per heavy atom. The lowest BCUT2D eigenvalue weighted by molar-refractivity contribution is 0.0707. The van der Waals surface area contributed by atoms with Crippen LogP contribution in [0.25, 0.3) is 0 Å². The van der Waals surface area contributed by atoms with Crippen LogP contribution in [-0.2, 0) is 6.54 Å². The molecule has 4 nitrogen and oxygen atoms in total. The molecule has 0 atom stereocenters. The third-order valence-corrected chi connectivity index (χ3v) is 5.82. The minimum Gasteiger partial charge on any atom is -0.334 e. The Labute approximate surface area is 160 Å². The van der Waals surface area contributed by atoms with Crippen LogP contribution in [0, 0.1) is 12.8 Å². The number of ketones is 1. The molecule has 0 unspecified atom stereocenters. The van der Waals surface area contributed by atoms with E-state index < -0.39 is 0 Å². The molecule has 140 valence electrons. The first-order valence-electron chi connectivity index (χ1n) is 9.79. The monoisotopic (exact) mass is 362 g/mol. The molecule has 2 aromatic rings. The molecule has 0 aliphatic carbocycles.